The van der Waals surface area contributed by atoms with Crippen molar-refractivity contribution < 1.29 is 23.1 Å². The number of rotatable bonds is 6. The fraction of sp³-hybridized carbons (Fsp3) is 0.800. The highest BCUT2D eigenvalue weighted by Gasteiger charge is 2.31. The lowest BCUT2D eigenvalue weighted by Gasteiger charge is -2.25. The second-order valence-electron chi connectivity index (χ2n) is 4.60. The largest absolute Gasteiger partial charge is 0.480 e. The maximum absolute atomic E-state index is 11.6. The molecule has 7 nitrogen and oxygen atoms in total. The van der Waals surface area contributed by atoms with Gasteiger partial charge in [0.05, 0.1) is 4.75 Å². The van der Waals surface area contributed by atoms with Crippen LogP contribution in [-0.2, 0) is 14.6 Å². The van der Waals surface area contributed by atoms with Crippen LogP contribution in [0.15, 0.2) is 0 Å². The number of hydrogen-bond donors (Lipinski definition) is 2. The maximum Gasteiger partial charge on any atom is 0.323 e. The van der Waals surface area contributed by atoms with Crippen LogP contribution in [0, 0.1) is 0 Å². The molecule has 18 heavy (non-hydrogen) atoms. The van der Waals surface area contributed by atoms with Gasteiger partial charge in [-0.1, -0.05) is 0 Å². The molecule has 0 radical (unpaired) electrons. The van der Waals surface area contributed by atoms with Crippen molar-refractivity contribution in [3.05, 3.63) is 0 Å². The van der Waals surface area contributed by atoms with E-state index in [0.29, 0.717) is 0 Å². The van der Waals surface area contributed by atoms with Crippen molar-refractivity contribution in [2.24, 2.45) is 0 Å². The fourth-order valence-corrected chi connectivity index (χ4v) is 1.36. The van der Waals surface area contributed by atoms with Crippen molar-refractivity contribution in [2.75, 3.05) is 25.9 Å². The van der Waals surface area contributed by atoms with E-state index in [1.54, 1.807) is 6.92 Å². The minimum absolute atomic E-state index is 0.0687. The molecular formula is C10H20N2O5S. The zero-order valence-electron chi connectivity index (χ0n) is 11.1. The van der Waals surface area contributed by atoms with Gasteiger partial charge < -0.3 is 15.3 Å². The Balaban J connectivity index is 4.54. The molecule has 0 aromatic heterocycles. The normalized spacial score (nSPS) is 12.0. The number of nitrogens with one attached hydrogen (secondary N) is 1. The van der Waals surface area contributed by atoms with E-state index in [0.717, 1.165) is 11.2 Å². The molecule has 2 N–H and O–H groups in total. The number of likely N-dealkylation sites (N-methyl/N-ethyl adjacent to an activating group) is 1. The van der Waals surface area contributed by atoms with E-state index in [1.165, 1.54) is 13.8 Å². The fourth-order valence-electron chi connectivity index (χ4n) is 1.02. The highest BCUT2D eigenvalue weighted by Crippen LogP contribution is 2.13. The molecule has 0 aromatic rings. The number of urea groups is 1. The average molecular weight is 280 g/mol. The third-order valence-corrected chi connectivity index (χ3v) is 4.82. The van der Waals surface area contributed by atoms with Crippen LogP contribution in [0.3, 0.4) is 0 Å². The molecule has 0 unspecified atom stereocenters. The number of carboxylic acids is 1. The Kier molecular flexibility index (Phi) is 5.59. The van der Waals surface area contributed by atoms with Gasteiger partial charge in [0.2, 0.25) is 0 Å². The van der Waals surface area contributed by atoms with Gasteiger partial charge in [0.25, 0.3) is 0 Å². The lowest BCUT2D eigenvalue weighted by atomic mass is 10.2. The molecule has 0 aliphatic rings. The number of hydrogen-bond acceptors (Lipinski definition) is 4. The van der Waals surface area contributed by atoms with E-state index in [9.17, 15) is 18.0 Å². The highest BCUT2D eigenvalue weighted by atomic mass is 32.2. The predicted molar refractivity (Wildman–Crippen MR) is 67.2 cm³/mol. The van der Waals surface area contributed by atoms with Crippen LogP contribution in [0.5, 0.6) is 0 Å². The van der Waals surface area contributed by atoms with E-state index in [4.69, 9.17) is 5.11 Å². The standard InChI is InChI=1S/C10H20N2O5S/c1-5-12(6-8(13)14)9(15)11-7-10(2,3)18(4,16)17/h5-7H2,1-4H3,(H,11,15)(H,13,14). The Hall–Kier alpha value is -1.31. The molecule has 0 spiro atoms. The first-order chi connectivity index (χ1) is 8.01. The van der Waals surface area contributed by atoms with Crippen LogP contribution < -0.4 is 5.32 Å². The summed E-state index contributed by atoms with van der Waals surface area (Å²) in [6.45, 7) is 4.39. The number of carbonyl (C=O) groups excluding carboxylic acids is 1. The van der Waals surface area contributed by atoms with Crippen molar-refractivity contribution in [2.45, 2.75) is 25.5 Å². The number of nitrogens with zero attached hydrogens (tertiary/aromatic N) is 1. The van der Waals surface area contributed by atoms with Crippen LogP contribution in [-0.4, -0.2) is 61.1 Å². The number of aliphatic carboxylic acids is 1. The topological polar surface area (TPSA) is 104 Å². The average Bonchev–Trinajstić information content (AvgIpc) is 2.20. The Morgan fingerprint density at radius 1 is 1.33 bits per heavy atom. The number of amides is 2. The van der Waals surface area contributed by atoms with Crippen molar-refractivity contribution in [1.29, 1.82) is 0 Å². The molecule has 106 valence electrons. The molecule has 8 heteroatoms. The van der Waals surface area contributed by atoms with E-state index in [-0.39, 0.29) is 13.1 Å². The molecule has 0 saturated carbocycles. The van der Waals surface area contributed by atoms with E-state index in [2.05, 4.69) is 5.32 Å². The summed E-state index contributed by atoms with van der Waals surface area (Å²) in [6.07, 6.45) is 1.09. The second-order valence-corrected chi connectivity index (χ2v) is 7.25. The minimum atomic E-state index is -3.30. The summed E-state index contributed by atoms with van der Waals surface area (Å²) in [5.74, 6) is -1.12. The van der Waals surface area contributed by atoms with Gasteiger partial charge in [-0.3, -0.25) is 4.79 Å². The third kappa shape index (κ3) is 4.91. The smallest absolute Gasteiger partial charge is 0.323 e. The summed E-state index contributed by atoms with van der Waals surface area (Å²) in [7, 11) is -3.30. The Morgan fingerprint density at radius 2 is 1.83 bits per heavy atom. The van der Waals surface area contributed by atoms with Gasteiger partial charge >= 0.3 is 12.0 Å². The minimum Gasteiger partial charge on any atom is -0.480 e. The van der Waals surface area contributed by atoms with Crippen LogP contribution >= 0.6 is 0 Å². The molecular weight excluding hydrogens is 260 g/mol. The van der Waals surface area contributed by atoms with Gasteiger partial charge in [-0.05, 0) is 20.8 Å². The van der Waals surface area contributed by atoms with Crippen molar-refractivity contribution in [3.8, 4) is 0 Å². The molecule has 2 amide bonds. The van der Waals surface area contributed by atoms with Crippen LogP contribution in [0.1, 0.15) is 20.8 Å². The van der Waals surface area contributed by atoms with Crippen LogP contribution in [0.4, 0.5) is 4.79 Å². The van der Waals surface area contributed by atoms with Crippen molar-refractivity contribution in [1.82, 2.24) is 10.2 Å². The summed E-state index contributed by atoms with van der Waals surface area (Å²) >= 11 is 0. The lowest BCUT2D eigenvalue weighted by molar-refractivity contribution is -0.137. The van der Waals surface area contributed by atoms with E-state index < -0.39 is 33.1 Å². The first-order valence-corrected chi connectivity index (χ1v) is 7.34. The van der Waals surface area contributed by atoms with Crippen LogP contribution in [0.25, 0.3) is 0 Å². The first kappa shape index (κ1) is 16.7. The Bertz CT molecular complexity index is 416. The van der Waals surface area contributed by atoms with Gasteiger partial charge in [-0.25, -0.2) is 13.2 Å². The van der Waals surface area contributed by atoms with Crippen molar-refractivity contribution in [3.63, 3.8) is 0 Å². The summed E-state index contributed by atoms with van der Waals surface area (Å²) < 4.78 is 21.8. The zero-order chi connectivity index (χ0) is 14.6. The number of sulfone groups is 1. The van der Waals surface area contributed by atoms with Gasteiger partial charge in [0.15, 0.2) is 9.84 Å². The molecule has 0 rings (SSSR count). The quantitative estimate of drug-likeness (QED) is 0.708. The molecule has 0 aromatic carbocycles. The first-order valence-electron chi connectivity index (χ1n) is 5.45. The molecule has 0 fully saturated rings. The SMILES string of the molecule is CCN(CC(=O)O)C(=O)NCC(C)(C)S(C)(=O)=O. The number of carbonyl (C=O) groups is 2. The molecule has 0 aliphatic heterocycles. The van der Waals surface area contributed by atoms with Gasteiger partial charge in [-0.15, -0.1) is 0 Å². The summed E-state index contributed by atoms with van der Waals surface area (Å²) in [5, 5.41) is 11.0. The molecule has 0 atom stereocenters. The number of carboxylic acid groups (broad SMARTS) is 1. The van der Waals surface area contributed by atoms with Crippen LogP contribution in [0.2, 0.25) is 0 Å². The molecule has 0 bridgehead atoms. The molecule has 0 saturated heterocycles. The molecule has 0 heterocycles. The molecule has 0 aliphatic carbocycles. The Morgan fingerprint density at radius 3 is 2.17 bits per heavy atom. The van der Waals surface area contributed by atoms with Crippen molar-refractivity contribution >= 4 is 21.8 Å². The zero-order valence-corrected chi connectivity index (χ0v) is 11.9. The summed E-state index contributed by atoms with van der Waals surface area (Å²) in [4.78, 5) is 23.2. The third-order valence-electron chi connectivity index (χ3n) is 2.66. The van der Waals surface area contributed by atoms with E-state index in [1.807, 2.05) is 0 Å². The van der Waals surface area contributed by atoms with E-state index >= 15 is 0 Å². The lowest BCUT2D eigenvalue weighted by Crippen LogP contribution is -2.49. The van der Waals surface area contributed by atoms with Gasteiger partial charge in [0.1, 0.15) is 6.54 Å². The van der Waals surface area contributed by atoms with Gasteiger partial charge in [0, 0.05) is 19.3 Å². The summed E-state index contributed by atoms with van der Waals surface area (Å²) in [5.41, 5.74) is 0. The van der Waals surface area contributed by atoms with Gasteiger partial charge in [-0.2, -0.15) is 0 Å². The predicted octanol–water partition coefficient (Wildman–Crippen LogP) is -0.0743. The monoisotopic (exact) mass is 280 g/mol. The Labute approximate surface area is 107 Å². The maximum atomic E-state index is 11.6. The summed E-state index contributed by atoms with van der Waals surface area (Å²) in [6, 6.07) is -0.586. The second kappa shape index (κ2) is 6.03. The highest BCUT2D eigenvalue weighted by molar-refractivity contribution is 7.92.